The zero-order valence-corrected chi connectivity index (χ0v) is 15.1. The van der Waals surface area contributed by atoms with Crippen LogP contribution in [0.4, 0.5) is 5.69 Å². The molecule has 1 aliphatic rings. The second-order valence-corrected chi connectivity index (χ2v) is 9.26. The number of hydrogen-bond donors (Lipinski definition) is 1. The minimum Gasteiger partial charge on any atom is -0.399 e. The molecule has 9 heteroatoms. The van der Waals surface area contributed by atoms with E-state index in [-0.39, 0.29) is 23.2 Å². The van der Waals surface area contributed by atoms with Gasteiger partial charge in [0.2, 0.25) is 0 Å². The first-order valence-corrected chi connectivity index (χ1v) is 9.92. The molecule has 1 fully saturated rings. The molecule has 1 amide bonds. The summed E-state index contributed by atoms with van der Waals surface area (Å²) in [5.74, 6) is -0.140. The highest BCUT2D eigenvalue weighted by molar-refractivity contribution is 7.91. The van der Waals surface area contributed by atoms with Gasteiger partial charge in [0.15, 0.2) is 0 Å². The fourth-order valence-electron chi connectivity index (χ4n) is 2.55. The minimum absolute atomic E-state index is 0.140. The molecule has 0 aliphatic carbocycles. The maximum Gasteiger partial charge on any atom is 0.254 e. The van der Waals surface area contributed by atoms with Gasteiger partial charge in [0.25, 0.3) is 15.9 Å². The molecule has 1 saturated heterocycles. The van der Waals surface area contributed by atoms with Crippen molar-refractivity contribution in [3.05, 3.63) is 46.3 Å². The van der Waals surface area contributed by atoms with Crippen LogP contribution in [0.15, 0.2) is 40.6 Å². The predicted molar refractivity (Wildman–Crippen MR) is 94.8 cm³/mol. The number of nitrogen functional groups attached to an aromatic ring is 1. The topological polar surface area (TPSA) is 83.7 Å². The first-order valence-electron chi connectivity index (χ1n) is 7.28. The number of rotatable bonds is 3. The Morgan fingerprint density at radius 2 is 1.83 bits per heavy atom. The molecule has 128 valence electrons. The van der Waals surface area contributed by atoms with E-state index >= 15 is 0 Å². The van der Waals surface area contributed by atoms with E-state index in [1.54, 1.807) is 35.2 Å². The van der Waals surface area contributed by atoms with Crippen molar-refractivity contribution >= 4 is 44.6 Å². The van der Waals surface area contributed by atoms with Gasteiger partial charge in [-0.05, 0) is 30.3 Å². The van der Waals surface area contributed by atoms with Crippen LogP contribution in [-0.2, 0) is 10.0 Å². The molecule has 0 saturated carbocycles. The smallest absolute Gasteiger partial charge is 0.254 e. The van der Waals surface area contributed by atoms with Crippen LogP contribution in [0.1, 0.15) is 10.4 Å². The number of benzene rings is 1. The maximum atomic E-state index is 12.5. The van der Waals surface area contributed by atoms with Crippen LogP contribution < -0.4 is 5.73 Å². The largest absolute Gasteiger partial charge is 0.399 e. The SMILES string of the molecule is Nc1cccc(C(=O)N2CCN(S(=O)(=O)c3ccc(Cl)s3)CC2)c1. The van der Waals surface area contributed by atoms with Crippen molar-refractivity contribution in [2.24, 2.45) is 0 Å². The Morgan fingerprint density at radius 3 is 2.42 bits per heavy atom. The predicted octanol–water partition coefficient (Wildman–Crippen LogP) is 2.13. The van der Waals surface area contributed by atoms with E-state index in [0.717, 1.165) is 11.3 Å². The summed E-state index contributed by atoms with van der Waals surface area (Å²) in [4.78, 5) is 14.1. The summed E-state index contributed by atoms with van der Waals surface area (Å²) in [5.41, 5.74) is 6.74. The van der Waals surface area contributed by atoms with Crippen LogP contribution >= 0.6 is 22.9 Å². The van der Waals surface area contributed by atoms with Gasteiger partial charge in [0.05, 0.1) is 4.34 Å². The van der Waals surface area contributed by atoms with E-state index < -0.39 is 10.0 Å². The van der Waals surface area contributed by atoms with Crippen LogP contribution in [0.3, 0.4) is 0 Å². The van der Waals surface area contributed by atoms with Crippen LogP contribution in [0.2, 0.25) is 4.34 Å². The number of amides is 1. The molecule has 6 nitrogen and oxygen atoms in total. The van der Waals surface area contributed by atoms with Crippen molar-refractivity contribution in [1.82, 2.24) is 9.21 Å². The monoisotopic (exact) mass is 385 g/mol. The Hall–Kier alpha value is -1.61. The Labute approximate surface area is 149 Å². The highest BCUT2D eigenvalue weighted by atomic mass is 35.5. The summed E-state index contributed by atoms with van der Waals surface area (Å²) in [6.45, 7) is 1.19. The molecule has 1 aromatic heterocycles. The van der Waals surface area contributed by atoms with Crippen molar-refractivity contribution in [2.45, 2.75) is 4.21 Å². The number of carbonyl (C=O) groups is 1. The van der Waals surface area contributed by atoms with E-state index in [0.29, 0.717) is 28.7 Å². The summed E-state index contributed by atoms with van der Waals surface area (Å²) >= 11 is 6.86. The van der Waals surface area contributed by atoms with Crippen molar-refractivity contribution < 1.29 is 13.2 Å². The minimum atomic E-state index is -3.55. The zero-order chi connectivity index (χ0) is 17.3. The van der Waals surface area contributed by atoms with E-state index in [1.807, 2.05) is 0 Å². The van der Waals surface area contributed by atoms with E-state index in [4.69, 9.17) is 17.3 Å². The van der Waals surface area contributed by atoms with Crippen LogP contribution in [0.5, 0.6) is 0 Å². The van der Waals surface area contributed by atoms with Gasteiger partial charge in [-0.2, -0.15) is 4.31 Å². The molecule has 0 unspecified atom stereocenters. The van der Waals surface area contributed by atoms with Gasteiger partial charge < -0.3 is 10.6 Å². The van der Waals surface area contributed by atoms with Gasteiger partial charge in [0, 0.05) is 37.4 Å². The molecule has 24 heavy (non-hydrogen) atoms. The quantitative estimate of drug-likeness (QED) is 0.820. The Morgan fingerprint density at radius 1 is 1.12 bits per heavy atom. The molecule has 2 aromatic rings. The van der Waals surface area contributed by atoms with E-state index in [1.165, 1.54) is 10.4 Å². The van der Waals surface area contributed by atoms with Gasteiger partial charge in [-0.25, -0.2) is 8.42 Å². The van der Waals surface area contributed by atoms with Gasteiger partial charge in [-0.3, -0.25) is 4.79 Å². The average Bonchev–Trinajstić information content (AvgIpc) is 3.01. The number of anilines is 1. The van der Waals surface area contributed by atoms with Gasteiger partial charge in [-0.15, -0.1) is 11.3 Å². The third kappa shape index (κ3) is 3.41. The first-order chi connectivity index (χ1) is 11.4. The second kappa shape index (κ2) is 6.72. The average molecular weight is 386 g/mol. The highest BCUT2D eigenvalue weighted by Crippen LogP contribution is 2.28. The normalized spacial score (nSPS) is 16.3. The first kappa shape index (κ1) is 17.2. The molecular formula is C15H16ClN3O3S2. The van der Waals surface area contributed by atoms with Crippen LogP contribution in [0, 0.1) is 0 Å². The van der Waals surface area contributed by atoms with Crippen LogP contribution in [-0.4, -0.2) is 49.7 Å². The number of nitrogens with zero attached hydrogens (tertiary/aromatic N) is 2. The van der Waals surface area contributed by atoms with Gasteiger partial charge >= 0.3 is 0 Å². The summed E-state index contributed by atoms with van der Waals surface area (Å²) in [5, 5.41) is 0. The van der Waals surface area contributed by atoms with Crippen molar-refractivity contribution in [3.63, 3.8) is 0 Å². The van der Waals surface area contributed by atoms with E-state index in [2.05, 4.69) is 0 Å². The number of piperazine rings is 1. The second-order valence-electron chi connectivity index (χ2n) is 5.38. The van der Waals surface area contributed by atoms with Crippen LogP contribution in [0.25, 0.3) is 0 Å². The van der Waals surface area contributed by atoms with Crippen molar-refractivity contribution in [3.8, 4) is 0 Å². The Kier molecular flexibility index (Phi) is 4.82. The number of nitrogens with two attached hydrogens (primary N) is 1. The summed E-state index contributed by atoms with van der Waals surface area (Å²) in [6.07, 6.45) is 0. The molecule has 1 aliphatic heterocycles. The molecule has 0 spiro atoms. The molecule has 0 radical (unpaired) electrons. The standard InChI is InChI=1S/C15H16ClN3O3S2/c16-13-4-5-14(23-13)24(21,22)19-8-6-18(7-9-19)15(20)11-2-1-3-12(17)10-11/h1-5,10H,6-9,17H2. The van der Waals surface area contributed by atoms with Gasteiger partial charge in [0.1, 0.15) is 4.21 Å². The molecule has 1 aromatic carbocycles. The zero-order valence-electron chi connectivity index (χ0n) is 12.7. The summed E-state index contributed by atoms with van der Waals surface area (Å²) < 4.78 is 27.1. The lowest BCUT2D eigenvalue weighted by Gasteiger charge is -2.33. The van der Waals surface area contributed by atoms with Gasteiger partial charge in [-0.1, -0.05) is 17.7 Å². The Bertz CT molecular complexity index is 858. The maximum absolute atomic E-state index is 12.5. The summed E-state index contributed by atoms with van der Waals surface area (Å²) in [6, 6.07) is 9.84. The van der Waals surface area contributed by atoms with Crippen molar-refractivity contribution in [1.29, 1.82) is 0 Å². The van der Waals surface area contributed by atoms with Crippen molar-refractivity contribution in [2.75, 3.05) is 31.9 Å². The molecule has 2 N–H and O–H groups in total. The fraction of sp³-hybridized carbons (Fsp3) is 0.267. The number of thiophene rings is 1. The van der Waals surface area contributed by atoms with E-state index in [9.17, 15) is 13.2 Å². The molecular weight excluding hydrogens is 370 g/mol. The molecule has 0 atom stereocenters. The fourth-order valence-corrected chi connectivity index (χ4v) is 5.61. The lowest BCUT2D eigenvalue weighted by atomic mass is 10.1. The number of halogens is 1. The summed E-state index contributed by atoms with van der Waals surface area (Å²) in [7, 11) is -3.55. The number of sulfonamides is 1. The lowest BCUT2D eigenvalue weighted by molar-refractivity contribution is 0.0698. The lowest BCUT2D eigenvalue weighted by Crippen LogP contribution is -2.50. The third-order valence-corrected chi connectivity index (χ3v) is 7.40. The Balaban J connectivity index is 1.68. The number of hydrogen-bond acceptors (Lipinski definition) is 5. The molecule has 2 heterocycles. The molecule has 0 bridgehead atoms. The third-order valence-electron chi connectivity index (χ3n) is 3.80. The highest BCUT2D eigenvalue weighted by Gasteiger charge is 2.31. The number of carbonyl (C=O) groups excluding carboxylic acids is 1. The molecule has 3 rings (SSSR count).